The van der Waals surface area contributed by atoms with Gasteiger partial charge in [0.2, 0.25) is 5.91 Å². The minimum atomic E-state index is -3.49. The topological polar surface area (TPSA) is 66.9 Å². The molecule has 0 saturated carbocycles. The van der Waals surface area contributed by atoms with Crippen molar-refractivity contribution in [3.63, 3.8) is 0 Å². The van der Waals surface area contributed by atoms with E-state index in [1.807, 2.05) is 17.0 Å². The van der Waals surface area contributed by atoms with E-state index in [2.05, 4.69) is 4.90 Å². The maximum Gasteiger partial charge on any atom is 0.306 e. The molecule has 20 heavy (non-hydrogen) atoms. The Kier molecular flexibility index (Phi) is 4.17. The fraction of sp³-hybridized carbons (Fsp3) is 0.462. The van der Waals surface area contributed by atoms with Crippen molar-refractivity contribution in [2.75, 3.05) is 37.3 Å². The van der Waals surface area contributed by atoms with Gasteiger partial charge in [0.1, 0.15) is 5.75 Å². The molecule has 0 spiro atoms. The van der Waals surface area contributed by atoms with Gasteiger partial charge in [-0.2, -0.15) is 8.42 Å². The third-order valence-corrected chi connectivity index (χ3v) is 3.67. The second-order valence-corrected chi connectivity index (χ2v) is 6.35. The van der Waals surface area contributed by atoms with Gasteiger partial charge in [0.15, 0.2) is 0 Å². The highest BCUT2D eigenvalue weighted by Gasteiger charge is 2.18. The number of carbonyl (C=O) groups is 1. The van der Waals surface area contributed by atoms with Crippen molar-refractivity contribution in [3.05, 3.63) is 24.3 Å². The summed E-state index contributed by atoms with van der Waals surface area (Å²) in [6.07, 6.45) is 1.02. The minimum Gasteiger partial charge on any atom is -0.383 e. The smallest absolute Gasteiger partial charge is 0.306 e. The third kappa shape index (κ3) is 3.86. The van der Waals surface area contributed by atoms with Crippen LogP contribution in [-0.2, 0) is 14.9 Å². The summed E-state index contributed by atoms with van der Waals surface area (Å²) in [6, 6.07) is 6.91. The number of nitrogens with zero attached hydrogens (tertiary/aromatic N) is 2. The monoisotopic (exact) mass is 298 g/mol. The normalized spacial score (nSPS) is 16.1. The molecule has 0 bridgehead atoms. The van der Waals surface area contributed by atoms with E-state index in [4.69, 9.17) is 4.18 Å². The van der Waals surface area contributed by atoms with E-state index in [1.54, 1.807) is 19.1 Å². The highest BCUT2D eigenvalue weighted by atomic mass is 32.2. The molecule has 0 N–H and O–H groups in total. The van der Waals surface area contributed by atoms with Crippen molar-refractivity contribution in [2.24, 2.45) is 0 Å². The van der Waals surface area contributed by atoms with Crippen molar-refractivity contribution in [2.45, 2.75) is 6.92 Å². The second kappa shape index (κ2) is 5.70. The summed E-state index contributed by atoms with van der Waals surface area (Å²) in [5.74, 6) is 0.403. The maximum atomic E-state index is 11.3. The van der Waals surface area contributed by atoms with Gasteiger partial charge in [0.05, 0.1) is 6.26 Å². The first-order valence-electron chi connectivity index (χ1n) is 6.35. The van der Waals surface area contributed by atoms with Crippen molar-refractivity contribution >= 4 is 21.7 Å². The Morgan fingerprint density at radius 1 is 1.10 bits per heavy atom. The molecule has 0 radical (unpaired) electrons. The van der Waals surface area contributed by atoms with Gasteiger partial charge >= 0.3 is 10.1 Å². The van der Waals surface area contributed by atoms with Crippen LogP contribution in [0.5, 0.6) is 5.75 Å². The Labute approximate surface area is 119 Å². The summed E-state index contributed by atoms with van der Waals surface area (Å²) in [4.78, 5) is 15.2. The van der Waals surface area contributed by atoms with Crippen LogP contribution >= 0.6 is 0 Å². The molecule has 7 heteroatoms. The van der Waals surface area contributed by atoms with E-state index in [0.717, 1.165) is 25.0 Å². The zero-order valence-electron chi connectivity index (χ0n) is 11.6. The van der Waals surface area contributed by atoms with Crippen molar-refractivity contribution < 1.29 is 17.4 Å². The zero-order chi connectivity index (χ0) is 14.8. The number of hydrogen-bond donors (Lipinski definition) is 0. The van der Waals surface area contributed by atoms with Gasteiger partial charge in [-0.3, -0.25) is 4.79 Å². The average molecular weight is 298 g/mol. The van der Waals surface area contributed by atoms with Crippen LogP contribution in [0.15, 0.2) is 24.3 Å². The quantitative estimate of drug-likeness (QED) is 0.768. The lowest BCUT2D eigenvalue weighted by Gasteiger charge is -2.35. The van der Waals surface area contributed by atoms with Crippen LogP contribution in [0.3, 0.4) is 0 Å². The van der Waals surface area contributed by atoms with E-state index in [-0.39, 0.29) is 5.91 Å². The average Bonchev–Trinajstić information content (AvgIpc) is 2.38. The summed E-state index contributed by atoms with van der Waals surface area (Å²) in [6.45, 7) is 4.53. The van der Waals surface area contributed by atoms with Crippen LogP contribution in [0.1, 0.15) is 6.92 Å². The van der Waals surface area contributed by atoms with Gasteiger partial charge < -0.3 is 14.0 Å². The number of piperazine rings is 1. The molecule has 110 valence electrons. The lowest BCUT2D eigenvalue weighted by Crippen LogP contribution is -2.48. The molecule has 1 aliphatic rings. The summed E-state index contributed by atoms with van der Waals surface area (Å²) >= 11 is 0. The van der Waals surface area contributed by atoms with Crippen LogP contribution in [0, 0.1) is 0 Å². The Balaban J connectivity index is 1.99. The lowest BCUT2D eigenvalue weighted by atomic mass is 10.2. The number of anilines is 1. The van der Waals surface area contributed by atoms with E-state index >= 15 is 0 Å². The van der Waals surface area contributed by atoms with Gasteiger partial charge in [-0.05, 0) is 24.3 Å². The second-order valence-electron chi connectivity index (χ2n) is 4.77. The van der Waals surface area contributed by atoms with E-state index in [0.29, 0.717) is 18.8 Å². The number of benzene rings is 1. The molecule has 0 aliphatic carbocycles. The summed E-state index contributed by atoms with van der Waals surface area (Å²) in [5.41, 5.74) is 0.994. The summed E-state index contributed by atoms with van der Waals surface area (Å²) < 4.78 is 26.8. The lowest BCUT2D eigenvalue weighted by molar-refractivity contribution is -0.129. The summed E-state index contributed by atoms with van der Waals surface area (Å²) in [5, 5.41) is 0. The van der Waals surface area contributed by atoms with Crippen molar-refractivity contribution in [1.82, 2.24) is 4.90 Å². The molecule has 1 aromatic carbocycles. The highest BCUT2D eigenvalue weighted by molar-refractivity contribution is 7.86. The molecule has 1 saturated heterocycles. The standard InChI is InChI=1S/C13H18N2O4S/c1-11(16)14-7-9-15(10-8-14)12-3-5-13(6-4-12)19-20(2,17)18/h3-6H,7-10H2,1-2H3. The van der Waals surface area contributed by atoms with Gasteiger partial charge in [-0.1, -0.05) is 0 Å². The first-order chi connectivity index (χ1) is 9.35. The molecule has 1 heterocycles. The molecule has 2 rings (SSSR count). The Morgan fingerprint density at radius 2 is 1.65 bits per heavy atom. The van der Waals surface area contributed by atoms with Crippen molar-refractivity contribution in [1.29, 1.82) is 0 Å². The fourth-order valence-corrected chi connectivity index (χ4v) is 2.63. The van der Waals surface area contributed by atoms with Crippen LogP contribution < -0.4 is 9.08 Å². The SMILES string of the molecule is CC(=O)N1CCN(c2ccc(OS(C)(=O)=O)cc2)CC1. The number of hydrogen-bond acceptors (Lipinski definition) is 5. The number of rotatable bonds is 3. The van der Waals surface area contributed by atoms with Gasteiger partial charge in [0.25, 0.3) is 0 Å². The highest BCUT2D eigenvalue weighted by Crippen LogP contribution is 2.21. The molecule has 1 aliphatic heterocycles. The Bertz CT molecular complexity index is 575. The van der Waals surface area contributed by atoms with Gasteiger partial charge in [-0.15, -0.1) is 0 Å². The predicted molar refractivity (Wildman–Crippen MR) is 76.4 cm³/mol. The van der Waals surface area contributed by atoms with Crippen molar-refractivity contribution in [3.8, 4) is 5.75 Å². The molecule has 0 atom stereocenters. The molecular formula is C13H18N2O4S. The molecule has 1 amide bonds. The molecule has 0 aromatic heterocycles. The van der Waals surface area contributed by atoms with Crippen LogP contribution in [-0.4, -0.2) is 51.7 Å². The maximum absolute atomic E-state index is 11.3. The fourth-order valence-electron chi connectivity index (χ4n) is 2.17. The first kappa shape index (κ1) is 14.6. The summed E-state index contributed by atoms with van der Waals surface area (Å²) in [7, 11) is -3.49. The van der Waals surface area contributed by atoms with E-state index < -0.39 is 10.1 Å². The number of amides is 1. The largest absolute Gasteiger partial charge is 0.383 e. The van der Waals surface area contributed by atoms with Crippen LogP contribution in [0.2, 0.25) is 0 Å². The Hall–Kier alpha value is -1.76. The molecule has 1 aromatic rings. The van der Waals surface area contributed by atoms with Crippen LogP contribution in [0.4, 0.5) is 5.69 Å². The third-order valence-electron chi connectivity index (χ3n) is 3.17. The van der Waals surface area contributed by atoms with E-state index in [9.17, 15) is 13.2 Å². The Morgan fingerprint density at radius 3 is 2.10 bits per heavy atom. The molecule has 0 unspecified atom stereocenters. The predicted octanol–water partition coefficient (Wildman–Crippen LogP) is 0.693. The van der Waals surface area contributed by atoms with E-state index in [1.165, 1.54) is 0 Å². The van der Waals surface area contributed by atoms with Gasteiger partial charge in [0, 0.05) is 38.8 Å². The minimum absolute atomic E-state index is 0.0987. The molecular weight excluding hydrogens is 280 g/mol. The van der Waals surface area contributed by atoms with Crippen LogP contribution in [0.25, 0.3) is 0 Å². The molecule has 1 fully saturated rings. The first-order valence-corrected chi connectivity index (χ1v) is 8.17. The van der Waals surface area contributed by atoms with Gasteiger partial charge in [-0.25, -0.2) is 0 Å². The zero-order valence-corrected chi connectivity index (χ0v) is 12.4. The number of carbonyl (C=O) groups excluding carboxylic acids is 1. The molecule has 6 nitrogen and oxygen atoms in total.